The van der Waals surface area contributed by atoms with E-state index in [2.05, 4.69) is 6.58 Å². The molecule has 0 saturated heterocycles. The molecule has 1 N–H and O–H groups in total. The molecule has 1 heterocycles. The zero-order chi connectivity index (χ0) is 10.2. The van der Waals surface area contributed by atoms with E-state index in [1.165, 1.54) is 6.08 Å². The van der Waals surface area contributed by atoms with Gasteiger partial charge in [0, 0.05) is 12.0 Å². The van der Waals surface area contributed by atoms with Crippen molar-refractivity contribution in [3.63, 3.8) is 0 Å². The Morgan fingerprint density at radius 1 is 1.50 bits per heavy atom. The van der Waals surface area contributed by atoms with Crippen LogP contribution in [0.5, 0.6) is 0 Å². The predicted octanol–water partition coefficient (Wildman–Crippen LogP) is 1.58. The van der Waals surface area contributed by atoms with Gasteiger partial charge < -0.3 is 9.84 Å². The van der Waals surface area contributed by atoms with Gasteiger partial charge in [-0.05, 0) is 6.07 Å². The molecule has 0 fully saturated rings. The van der Waals surface area contributed by atoms with Crippen LogP contribution in [0, 0.1) is 0 Å². The van der Waals surface area contributed by atoms with Crippen molar-refractivity contribution in [1.82, 2.24) is 0 Å². The van der Waals surface area contributed by atoms with Crippen LogP contribution in [0.1, 0.15) is 22.3 Å². The molecule has 1 atom stereocenters. The van der Waals surface area contributed by atoms with E-state index in [4.69, 9.17) is 4.74 Å². The highest BCUT2D eigenvalue weighted by molar-refractivity contribution is 5.94. The first-order valence-electron chi connectivity index (χ1n) is 4.33. The molecule has 3 nitrogen and oxygen atoms in total. The topological polar surface area (TPSA) is 46.5 Å². The summed E-state index contributed by atoms with van der Waals surface area (Å²) < 4.78 is 4.91. The zero-order valence-electron chi connectivity index (χ0n) is 7.56. The Morgan fingerprint density at radius 2 is 2.21 bits per heavy atom. The van der Waals surface area contributed by atoms with Crippen LogP contribution in [-0.4, -0.2) is 11.1 Å². The minimum Gasteiger partial charge on any atom is -0.425 e. The van der Waals surface area contributed by atoms with Crippen LogP contribution in [0.3, 0.4) is 0 Å². The van der Waals surface area contributed by atoms with Crippen LogP contribution in [0.4, 0.5) is 0 Å². The summed E-state index contributed by atoms with van der Waals surface area (Å²) >= 11 is 0. The molecule has 0 saturated carbocycles. The third kappa shape index (κ3) is 1.14. The molecule has 1 aromatic carbocycles. The Bertz CT molecular complexity index is 397. The monoisotopic (exact) mass is 190 g/mol. The molecule has 14 heavy (non-hydrogen) atoms. The van der Waals surface area contributed by atoms with Crippen LogP contribution in [0.25, 0.3) is 0 Å². The molecule has 0 bridgehead atoms. The molecule has 0 radical (unpaired) electrons. The predicted molar refractivity (Wildman–Crippen MR) is 50.6 cm³/mol. The minimum absolute atomic E-state index is 0.204. The molecule has 1 aliphatic heterocycles. The number of cyclic esters (lactones) is 1. The number of ether oxygens (including phenoxy) is 1. The lowest BCUT2D eigenvalue weighted by Gasteiger charge is -2.19. The van der Waals surface area contributed by atoms with Gasteiger partial charge in [0.25, 0.3) is 0 Å². The number of benzene rings is 1. The van der Waals surface area contributed by atoms with Crippen LogP contribution in [0.15, 0.2) is 36.9 Å². The number of hydrogen-bond acceptors (Lipinski definition) is 3. The molecule has 1 unspecified atom stereocenters. The highest BCUT2D eigenvalue weighted by atomic mass is 16.7. The van der Waals surface area contributed by atoms with Gasteiger partial charge in [-0.1, -0.05) is 24.3 Å². The third-order valence-corrected chi connectivity index (χ3v) is 2.25. The lowest BCUT2D eigenvalue weighted by molar-refractivity contribution is -0.159. The van der Waals surface area contributed by atoms with Gasteiger partial charge in [-0.3, -0.25) is 0 Å². The van der Waals surface area contributed by atoms with Gasteiger partial charge >= 0.3 is 5.97 Å². The first-order valence-corrected chi connectivity index (χ1v) is 4.33. The van der Waals surface area contributed by atoms with Crippen LogP contribution < -0.4 is 0 Å². The molecule has 72 valence electrons. The number of rotatable bonds is 2. The normalized spacial score (nSPS) is 24.2. The fraction of sp³-hybridized carbons (Fsp3) is 0.182. The van der Waals surface area contributed by atoms with E-state index in [9.17, 15) is 9.90 Å². The van der Waals surface area contributed by atoms with Gasteiger partial charge in [0.1, 0.15) is 0 Å². The Labute approximate surface area is 81.6 Å². The molecule has 0 spiro atoms. The Kier molecular flexibility index (Phi) is 1.89. The Morgan fingerprint density at radius 3 is 2.93 bits per heavy atom. The van der Waals surface area contributed by atoms with E-state index in [1.54, 1.807) is 24.3 Å². The smallest absolute Gasteiger partial charge is 0.341 e. The fourth-order valence-corrected chi connectivity index (χ4v) is 1.61. The highest BCUT2D eigenvalue weighted by Crippen LogP contribution is 2.36. The summed E-state index contributed by atoms with van der Waals surface area (Å²) in [6, 6.07) is 6.82. The van der Waals surface area contributed by atoms with Crippen LogP contribution in [0.2, 0.25) is 0 Å². The van der Waals surface area contributed by atoms with Crippen molar-refractivity contribution < 1.29 is 14.6 Å². The summed E-state index contributed by atoms with van der Waals surface area (Å²) in [5.41, 5.74) is 0.946. The van der Waals surface area contributed by atoms with Crippen molar-refractivity contribution in [2.75, 3.05) is 0 Å². The van der Waals surface area contributed by atoms with E-state index in [0.29, 0.717) is 11.1 Å². The summed E-state index contributed by atoms with van der Waals surface area (Å²) in [6.45, 7) is 3.52. The molecule has 2 rings (SSSR count). The minimum atomic E-state index is -1.52. The third-order valence-electron chi connectivity index (χ3n) is 2.25. The van der Waals surface area contributed by atoms with Crippen molar-refractivity contribution in [3.8, 4) is 0 Å². The average molecular weight is 190 g/mol. The number of carbonyl (C=O) groups excluding carboxylic acids is 1. The summed E-state index contributed by atoms with van der Waals surface area (Å²) in [4.78, 5) is 11.3. The van der Waals surface area contributed by atoms with E-state index in [0.717, 1.165) is 0 Å². The molecule has 0 amide bonds. The van der Waals surface area contributed by atoms with Gasteiger partial charge in [-0.2, -0.15) is 0 Å². The average Bonchev–Trinajstić information content (AvgIpc) is 2.41. The number of hydrogen-bond donors (Lipinski definition) is 1. The van der Waals surface area contributed by atoms with Crippen LogP contribution in [-0.2, 0) is 10.5 Å². The quantitative estimate of drug-likeness (QED) is 0.569. The molecule has 0 aliphatic carbocycles. The Hall–Kier alpha value is -1.61. The standard InChI is InChI=1S/C11H10O3/c1-2-7-11(13)9-6-4-3-5-8(9)10(12)14-11/h2-6,13H,1,7H2. The molecule has 1 aromatic rings. The molecular formula is C11H10O3. The van der Waals surface area contributed by atoms with Crippen molar-refractivity contribution in [2.24, 2.45) is 0 Å². The van der Waals surface area contributed by atoms with E-state index in [-0.39, 0.29) is 6.42 Å². The maximum Gasteiger partial charge on any atom is 0.341 e. The van der Waals surface area contributed by atoms with Crippen molar-refractivity contribution in [1.29, 1.82) is 0 Å². The van der Waals surface area contributed by atoms with Crippen molar-refractivity contribution >= 4 is 5.97 Å². The van der Waals surface area contributed by atoms with E-state index < -0.39 is 11.8 Å². The summed E-state index contributed by atoms with van der Waals surface area (Å²) in [5.74, 6) is -2.00. The number of carbonyl (C=O) groups is 1. The number of fused-ring (bicyclic) bond motifs is 1. The highest BCUT2D eigenvalue weighted by Gasteiger charge is 2.42. The second-order valence-electron chi connectivity index (χ2n) is 3.21. The maximum atomic E-state index is 11.3. The SMILES string of the molecule is C=CCC1(O)OC(=O)c2ccccc21. The second-order valence-corrected chi connectivity index (χ2v) is 3.21. The first-order chi connectivity index (χ1) is 6.67. The number of esters is 1. The second kappa shape index (κ2) is 2.96. The summed E-state index contributed by atoms with van der Waals surface area (Å²) in [6.07, 6.45) is 1.73. The fourth-order valence-electron chi connectivity index (χ4n) is 1.61. The lowest BCUT2D eigenvalue weighted by atomic mass is 10.00. The summed E-state index contributed by atoms with van der Waals surface area (Å²) in [5, 5.41) is 10.00. The molecule has 3 heteroatoms. The maximum absolute atomic E-state index is 11.3. The van der Waals surface area contributed by atoms with Gasteiger partial charge in [0.2, 0.25) is 5.79 Å². The molecular weight excluding hydrogens is 180 g/mol. The van der Waals surface area contributed by atoms with E-state index >= 15 is 0 Å². The van der Waals surface area contributed by atoms with Crippen LogP contribution >= 0.6 is 0 Å². The van der Waals surface area contributed by atoms with Crippen molar-refractivity contribution in [3.05, 3.63) is 48.0 Å². The van der Waals surface area contributed by atoms with Gasteiger partial charge in [0.15, 0.2) is 0 Å². The van der Waals surface area contributed by atoms with Crippen molar-refractivity contribution in [2.45, 2.75) is 12.2 Å². The summed E-state index contributed by atoms with van der Waals surface area (Å²) in [7, 11) is 0. The van der Waals surface area contributed by atoms with Gasteiger partial charge in [-0.15, -0.1) is 6.58 Å². The Balaban J connectivity index is 2.53. The molecule has 0 aromatic heterocycles. The van der Waals surface area contributed by atoms with Gasteiger partial charge in [0.05, 0.1) is 5.56 Å². The zero-order valence-corrected chi connectivity index (χ0v) is 7.56. The van der Waals surface area contributed by atoms with Gasteiger partial charge in [-0.25, -0.2) is 4.79 Å². The largest absolute Gasteiger partial charge is 0.425 e. The first kappa shape index (κ1) is 8.97. The molecule has 1 aliphatic rings. The van der Waals surface area contributed by atoms with E-state index in [1.807, 2.05) is 0 Å². The lowest BCUT2D eigenvalue weighted by Crippen LogP contribution is -2.24. The number of aliphatic hydroxyl groups is 1.